The van der Waals surface area contributed by atoms with Crippen molar-refractivity contribution < 1.29 is 28.6 Å². The van der Waals surface area contributed by atoms with Crippen LogP contribution < -0.4 is 0 Å². The molecule has 170 valence electrons. The second-order valence-electron chi connectivity index (χ2n) is 10.8. The number of esters is 2. The highest BCUT2D eigenvalue weighted by Crippen LogP contribution is 2.72. The fourth-order valence-corrected chi connectivity index (χ4v) is 6.44. The van der Waals surface area contributed by atoms with Gasteiger partial charge in [-0.2, -0.15) is 0 Å². The Bertz CT molecular complexity index is 913. The highest BCUT2D eigenvalue weighted by atomic mass is 16.7. The number of hydrogen-bond donors (Lipinski definition) is 0. The number of carbonyl (C=O) groups excluding carboxylic acids is 3. The van der Waals surface area contributed by atoms with Crippen LogP contribution in [-0.4, -0.2) is 41.6 Å². The molecule has 6 heteroatoms. The molecule has 3 saturated carbocycles. The van der Waals surface area contributed by atoms with Gasteiger partial charge in [0.05, 0.1) is 6.10 Å². The summed E-state index contributed by atoms with van der Waals surface area (Å²) < 4.78 is 17.6. The molecule has 1 saturated heterocycles. The first-order valence-corrected chi connectivity index (χ1v) is 11.2. The zero-order chi connectivity index (χ0) is 23.1. The molecular formula is C25H34O6. The van der Waals surface area contributed by atoms with Crippen LogP contribution in [0.3, 0.4) is 0 Å². The summed E-state index contributed by atoms with van der Waals surface area (Å²) >= 11 is 0. The molecule has 5 aliphatic rings. The lowest BCUT2D eigenvalue weighted by molar-refractivity contribution is -0.202. The van der Waals surface area contributed by atoms with Gasteiger partial charge in [-0.05, 0) is 52.5 Å². The van der Waals surface area contributed by atoms with Gasteiger partial charge in [0, 0.05) is 28.7 Å². The van der Waals surface area contributed by atoms with Crippen molar-refractivity contribution in [1.29, 1.82) is 0 Å². The second-order valence-corrected chi connectivity index (χ2v) is 10.8. The van der Waals surface area contributed by atoms with Crippen molar-refractivity contribution in [1.82, 2.24) is 0 Å². The fourth-order valence-electron chi connectivity index (χ4n) is 6.44. The largest absolute Gasteiger partial charge is 0.459 e. The van der Waals surface area contributed by atoms with E-state index in [0.717, 1.165) is 5.57 Å². The Morgan fingerprint density at radius 3 is 2.26 bits per heavy atom. The summed E-state index contributed by atoms with van der Waals surface area (Å²) in [5.74, 6) is -0.812. The van der Waals surface area contributed by atoms with E-state index in [1.165, 1.54) is 0 Å². The Labute approximate surface area is 184 Å². The van der Waals surface area contributed by atoms with E-state index in [-0.39, 0.29) is 41.6 Å². The van der Waals surface area contributed by atoms with E-state index in [4.69, 9.17) is 14.2 Å². The van der Waals surface area contributed by atoms with Crippen LogP contribution >= 0.6 is 0 Å². The van der Waals surface area contributed by atoms with Crippen molar-refractivity contribution in [3.8, 4) is 0 Å². The minimum atomic E-state index is -0.926. The lowest BCUT2D eigenvalue weighted by atomic mass is 9.37. The lowest BCUT2D eigenvalue weighted by Gasteiger charge is -2.65. The first-order valence-electron chi connectivity index (χ1n) is 11.2. The third-order valence-electron chi connectivity index (χ3n) is 8.84. The highest BCUT2D eigenvalue weighted by Gasteiger charge is 2.74. The molecule has 4 bridgehead atoms. The minimum absolute atomic E-state index is 0.0321. The van der Waals surface area contributed by atoms with Crippen LogP contribution in [0.15, 0.2) is 23.3 Å². The monoisotopic (exact) mass is 430 g/mol. The fraction of sp³-hybridized carbons (Fsp3) is 0.720. The van der Waals surface area contributed by atoms with E-state index in [0.29, 0.717) is 12.0 Å². The van der Waals surface area contributed by atoms with Gasteiger partial charge in [-0.1, -0.05) is 32.4 Å². The highest BCUT2D eigenvalue weighted by molar-refractivity contribution is 5.97. The van der Waals surface area contributed by atoms with Crippen LogP contribution in [0.4, 0.5) is 0 Å². The molecule has 0 radical (unpaired) electrons. The minimum Gasteiger partial charge on any atom is -0.459 e. The number of ketones is 1. The lowest BCUT2D eigenvalue weighted by Crippen LogP contribution is -2.67. The first kappa shape index (κ1) is 22.3. The summed E-state index contributed by atoms with van der Waals surface area (Å²) in [4.78, 5) is 38.8. The molecule has 0 amide bonds. The van der Waals surface area contributed by atoms with Gasteiger partial charge in [0.25, 0.3) is 0 Å². The Morgan fingerprint density at radius 1 is 1.13 bits per heavy atom. The van der Waals surface area contributed by atoms with Crippen LogP contribution in [0.5, 0.6) is 0 Å². The third-order valence-corrected chi connectivity index (χ3v) is 8.84. The smallest absolute Gasteiger partial charge is 0.341 e. The van der Waals surface area contributed by atoms with Crippen molar-refractivity contribution in [3.05, 3.63) is 23.3 Å². The van der Waals surface area contributed by atoms with Crippen molar-refractivity contribution in [3.63, 3.8) is 0 Å². The molecule has 31 heavy (non-hydrogen) atoms. The number of fused-ring (bicyclic) bond motifs is 3. The van der Waals surface area contributed by atoms with Gasteiger partial charge in [-0.25, -0.2) is 9.59 Å². The molecule has 1 heterocycles. The van der Waals surface area contributed by atoms with E-state index >= 15 is 0 Å². The SMILES string of the molecule is C/C=C(/C)C(=O)O[C@@H]1C[C@@H](OC(=O)[C@@]2(C)O[C@@H]2C)C(C)(C)[C@@H]2[C@H]3C(=O)C=C(C)[C@@H]2[C@]31C. The number of ether oxygens (including phenoxy) is 3. The molecule has 0 aromatic rings. The molecule has 8 atom stereocenters. The molecule has 4 fully saturated rings. The van der Waals surface area contributed by atoms with Crippen LogP contribution in [0, 0.1) is 28.6 Å². The molecule has 1 aliphatic heterocycles. The van der Waals surface area contributed by atoms with E-state index in [9.17, 15) is 14.4 Å². The van der Waals surface area contributed by atoms with E-state index in [1.807, 2.05) is 13.8 Å². The predicted molar refractivity (Wildman–Crippen MR) is 114 cm³/mol. The molecule has 5 rings (SSSR count). The van der Waals surface area contributed by atoms with E-state index in [1.54, 1.807) is 32.9 Å². The summed E-state index contributed by atoms with van der Waals surface area (Å²) in [7, 11) is 0. The third kappa shape index (κ3) is 2.90. The zero-order valence-electron chi connectivity index (χ0n) is 19.8. The molecule has 0 spiro atoms. The molecule has 0 aromatic heterocycles. The van der Waals surface area contributed by atoms with Crippen molar-refractivity contribution in [2.75, 3.05) is 0 Å². The molecule has 0 unspecified atom stereocenters. The van der Waals surface area contributed by atoms with Gasteiger partial charge in [0.2, 0.25) is 0 Å². The summed E-state index contributed by atoms with van der Waals surface area (Å²) in [5.41, 5.74) is -0.343. The number of allylic oxidation sites excluding steroid dienone is 3. The van der Waals surface area contributed by atoms with Crippen LogP contribution in [0.2, 0.25) is 0 Å². The standard InChI is InChI=1S/C25H34O6/c1-9-12(2)21(27)29-17-11-16(30-22(28)25(8)14(4)31-25)23(5,6)20-18-13(3)10-15(26)19(20)24(17,18)7/h9-10,14,16-20H,11H2,1-8H3/b12-9-/t14-,16-,17-,18+,19-,20+,24-,25+/m1/s1. The first-order chi connectivity index (χ1) is 14.3. The maximum atomic E-state index is 13.1. The predicted octanol–water partition coefficient (Wildman–Crippen LogP) is 3.78. The molecule has 4 aliphatic carbocycles. The molecule has 0 aromatic carbocycles. The average molecular weight is 431 g/mol. The normalized spacial score (nSPS) is 45.1. The van der Waals surface area contributed by atoms with E-state index in [2.05, 4.69) is 20.8 Å². The number of carbonyl (C=O) groups is 3. The Morgan fingerprint density at radius 2 is 1.74 bits per heavy atom. The number of rotatable bonds is 4. The van der Waals surface area contributed by atoms with Crippen LogP contribution in [0.1, 0.15) is 61.8 Å². The van der Waals surface area contributed by atoms with Gasteiger partial charge in [0.1, 0.15) is 12.2 Å². The Kier molecular flexibility index (Phi) is 4.86. The van der Waals surface area contributed by atoms with Crippen molar-refractivity contribution >= 4 is 17.7 Å². The zero-order valence-corrected chi connectivity index (χ0v) is 19.8. The number of epoxide rings is 1. The summed E-state index contributed by atoms with van der Waals surface area (Å²) in [6.45, 7) is 15.3. The van der Waals surface area contributed by atoms with Gasteiger partial charge in [-0.15, -0.1) is 0 Å². The van der Waals surface area contributed by atoms with Gasteiger partial charge in [-0.3, -0.25) is 4.79 Å². The van der Waals surface area contributed by atoms with Crippen molar-refractivity contribution in [2.45, 2.75) is 85.7 Å². The van der Waals surface area contributed by atoms with E-state index < -0.39 is 28.6 Å². The summed E-state index contributed by atoms with van der Waals surface area (Å²) in [5, 5.41) is 0. The molecule has 0 N–H and O–H groups in total. The van der Waals surface area contributed by atoms with Gasteiger partial charge < -0.3 is 14.2 Å². The second kappa shape index (κ2) is 6.77. The maximum Gasteiger partial charge on any atom is 0.341 e. The van der Waals surface area contributed by atoms with Crippen LogP contribution in [-0.2, 0) is 28.6 Å². The van der Waals surface area contributed by atoms with Crippen LogP contribution in [0.25, 0.3) is 0 Å². The quantitative estimate of drug-likeness (QED) is 0.383. The average Bonchev–Trinajstić information content (AvgIpc) is 3.32. The molecular weight excluding hydrogens is 396 g/mol. The van der Waals surface area contributed by atoms with Gasteiger partial charge >= 0.3 is 11.9 Å². The molecule has 6 nitrogen and oxygen atoms in total. The topological polar surface area (TPSA) is 82.2 Å². The summed E-state index contributed by atoms with van der Waals surface area (Å²) in [6.07, 6.45) is 2.63. The summed E-state index contributed by atoms with van der Waals surface area (Å²) in [6, 6.07) is 0. The van der Waals surface area contributed by atoms with Crippen molar-refractivity contribution in [2.24, 2.45) is 28.6 Å². The van der Waals surface area contributed by atoms with Gasteiger partial charge in [0.15, 0.2) is 11.4 Å². The Hall–Kier alpha value is -1.95. The maximum absolute atomic E-state index is 13.1. The number of hydrogen-bond acceptors (Lipinski definition) is 6. The Balaban J connectivity index is 1.73.